The third-order valence-electron chi connectivity index (χ3n) is 16.3. The third kappa shape index (κ3) is 15.9. The summed E-state index contributed by atoms with van der Waals surface area (Å²) < 4.78 is 14.4. The standard InChI is InChI=1S/C59H100O2/c1-41(2)22-16-24-43(5)26-18-28-45(7)30-20-36-58(14)39-35-55-53(50(12)49(11)51(13)56(55)60-58)33-32-52-40-47(9)48(10)54-34-38-59(15,61-57(52)54)37-21-31-46(8)29-19-27-44(6)25-17-23-42(3)4/h40-46H,16-39H2,1-15H3. The summed E-state index contributed by atoms with van der Waals surface area (Å²) >= 11 is 0. The quantitative estimate of drug-likeness (QED) is 0.0892. The lowest BCUT2D eigenvalue weighted by Crippen LogP contribution is -2.37. The first-order chi connectivity index (χ1) is 28.8. The smallest absolute Gasteiger partial charge is 0.126 e. The Balaban J connectivity index is 1.33. The van der Waals surface area contributed by atoms with Gasteiger partial charge in [0.1, 0.15) is 22.7 Å². The SMILES string of the molecule is Cc1cc(CCc2c(C)c(C)c(C)c3c2CCC(C)(CCCC(C)CCCC(C)CCCC(C)C)O3)c2c(c1C)CCC(C)(CCCC(C)CCCC(C)CCCC(C)C)O2. The van der Waals surface area contributed by atoms with E-state index in [0.717, 1.165) is 86.9 Å². The van der Waals surface area contributed by atoms with Gasteiger partial charge in [0.05, 0.1) is 0 Å². The minimum atomic E-state index is -0.0782. The first-order valence-corrected chi connectivity index (χ1v) is 26.4. The second-order valence-corrected chi connectivity index (χ2v) is 23.3. The highest BCUT2D eigenvalue weighted by Crippen LogP contribution is 2.45. The molecule has 0 saturated heterocycles. The van der Waals surface area contributed by atoms with E-state index in [9.17, 15) is 0 Å². The Morgan fingerprint density at radius 1 is 0.459 bits per heavy atom. The Labute approximate surface area is 380 Å². The number of hydrogen-bond donors (Lipinski definition) is 0. The maximum Gasteiger partial charge on any atom is 0.126 e. The Bertz CT molecular complexity index is 1630. The van der Waals surface area contributed by atoms with Gasteiger partial charge in [-0.05, 0) is 198 Å². The van der Waals surface area contributed by atoms with E-state index in [0.29, 0.717) is 0 Å². The lowest BCUT2D eigenvalue weighted by atomic mass is 9.80. The minimum absolute atomic E-state index is 0.0733. The summed E-state index contributed by atoms with van der Waals surface area (Å²) in [5.41, 5.74) is 12.9. The molecule has 0 radical (unpaired) electrons. The Hall–Kier alpha value is -1.96. The molecule has 2 aliphatic heterocycles. The molecule has 6 unspecified atom stereocenters. The summed E-state index contributed by atoms with van der Waals surface area (Å²) in [6.45, 7) is 35.8. The molecule has 2 heterocycles. The van der Waals surface area contributed by atoms with Gasteiger partial charge < -0.3 is 9.47 Å². The van der Waals surface area contributed by atoms with Crippen molar-refractivity contribution in [3.05, 3.63) is 56.1 Å². The third-order valence-corrected chi connectivity index (χ3v) is 16.3. The van der Waals surface area contributed by atoms with Crippen LogP contribution < -0.4 is 9.47 Å². The molecule has 0 N–H and O–H groups in total. The van der Waals surface area contributed by atoms with Gasteiger partial charge in [0, 0.05) is 0 Å². The lowest BCUT2D eigenvalue weighted by Gasteiger charge is -2.39. The minimum Gasteiger partial charge on any atom is -0.487 e. The van der Waals surface area contributed by atoms with Crippen molar-refractivity contribution < 1.29 is 9.47 Å². The predicted molar refractivity (Wildman–Crippen MR) is 268 cm³/mol. The summed E-state index contributed by atoms with van der Waals surface area (Å²) in [4.78, 5) is 0. The fourth-order valence-corrected chi connectivity index (χ4v) is 11.3. The van der Waals surface area contributed by atoms with Crippen LogP contribution in [0, 0.1) is 70.1 Å². The van der Waals surface area contributed by atoms with Gasteiger partial charge in [-0.2, -0.15) is 0 Å². The molecule has 61 heavy (non-hydrogen) atoms. The second kappa shape index (κ2) is 24.4. The van der Waals surface area contributed by atoms with Gasteiger partial charge >= 0.3 is 0 Å². The van der Waals surface area contributed by atoms with Gasteiger partial charge in [0.2, 0.25) is 0 Å². The van der Waals surface area contributed by atoms with E-state index < -0.39 is 0 Å². The van der Waals surface area contributed by atoms with Gasteiger partial charge in [-0.1, -0.05) is 151 Å². The zero-order chi connectivity index (χ0) is 44.9. The highest BCUT2D eigenvalue weighted by atomic mass is 16.5. The van der Waals surface area contributed by atoms with Crippen LogP contribution >= 0.6 is 0 Å². The molecule has 0 saturated carbocycles. The molecule has 2 aromatic rings. The number of hydrogen-bond acceptors (Lipinski definition) is 2. The van der Waals surface area contributed by atoms with Gasteiger partial charge in [-0.3, -0.25) is 0 Å². The summed E-state index contributed by atoms with van der Waals surface area (Å²) in [5, 5.41) is 0. The number of rotatable bonds is 27. The molecular formula is C59H100O2. The maximum absolute atomic E-state index is 7.22. The number of benzene rings is 2. The molecular weight excluding hydrogens is 741 g/mol. The summed E-state index contributed by atoms with van der Waals surface area (Å²) in [7, 11) is 0. The van der Waals surface area contributed by atoms with E-state index in [1.807, 2.05) is 0 Å². The first kappa shape index (κ1) is 51.7. The van der Waals surface area contributed by atoms with Crippen LogP contribution in [0.2, 0.25) is 0 Å². The van der Waals surface area contributed by atoms with Crippen LogP contribution in [0.25, 0.3) is 0 Å². The largest absolute Gasteiger partial charge is 0.487 e. The van der Waals surface area contributed by atoms with Crippen molar-refractivity contribution in [1.82, 2.24) is 0 Å². The molecule has 4 rings (SSSR count). The monoisotopic (exact) mass is 841 g/mol. The number of fused-ring (bicyclic) bond motifs is 2. The highest BCUT2D eigenvalue weighted by molar-refractivity contribution is 5.57. The molecule has 2 heteroatoms. The van der Waals surface area contributed by atoms with Gasteiger partial charge in [-0.15, -0.1) is 0 Å². The molecule has 0 aromatic heterocycles. The van der Waals surface area contributed by atoms with Crippen molar-refractivity contribution in [3.8, 4) is 11.5 Å². The van der Waals surface area contributed by atoms with Crippen LogP contribution in [0.3, 0.4) is 0 Å². The molecule has 0 fully saturated rings. The van der Waals surface area contributed by atoms with Crippen LogP contribution in [-0.4, -0.2) is 11.2 Å². The molecule has 348 valence electrons. The van der Waals surface area contributed by atoms with Crippen LogP contribution in [-0.2, 0) is 25.7 Å². The first-order valence-electron chi connectivity index (χ1n) is 26.4. The van der Waals surface area contributed by atoms with Gasteiger partial charge in [-0.25, -0.2) is 0 Å². The average molecular weight is 841 g/mol. The molecule has 2 aliphatic rings. The Morgan fingerprint density at radius 3 is 1.33 bits per heavy atom. The van der Waals surface area contributed by atoms with Crippen molar-refractivity contribution in [2.45, 2.75) is 269 Å². The molecule has 2 aromatic carbocycles. The molecule has 2 nitrogen and oxygen atoms in total. The fourth-order valence-electron chi connectivity index (χ4n) is 11.3. The lowest BCUT2D eigenvalue weighted by molar-refractivity contribution is 0.0510. The molecule has 0 spiro atoms. The summed E-state index contributed by atoms with van der Waals surface area (Å²) in [6, 6.07) is 2.47. The van der Waals surface area contributed by atoms with Crippen LogP contribution in [0.1, 0.15) is 248 Å². The second-order valence-electron chi connectivity index (χ2n) is 23.3. The zero-order valence-corrected chi connectivity index (χ0v) is 43.3. The van der Waals surface area contributed by atoms with E-state index in [2.05, 4.69) is 110 Å². The van der Waals surface area contributed by atoms with Crippen molar-refractivity contribution in [1.29, 1.82) is 0 Å². The van der Waals surface area contributed by atoms with E-state index in [1.54, 1.807) is 0 Å². The van der Waals surface area contributed by atoms with Crippen molar-refractivity contribution in [3.63, 3.8) is 0 Å². The predicted octanol–water partition coefficient (Wildman–Crippen LogP) is 18.1. The fraction of sp³-hybridized carbons (Fsp3) is 0.797. The molecule has 6 atom stereocenters. The molecule has 0 bridgehead atoms. The Morgan fingerprint density at radius 2 is 0.869 bits per heavy atom. The van der Waals surface area contributed by atoms with Crippen LogP contribution in [0.4, 0.5) is 0 Å². The van der Waals surface area contributed by atoms with E-state index in [4.69, 9.17) is 9.47 Å². The number of ether oxygens (including phenoxy) is 2. The maximum atomic E-state index is 7.22. The van der Waals surface area contributed by atoms with E-state index in [-0.39, 0.29) is 11.2 Å². The normalized spacial score (nSPS) is 20.9. The van der Waals surface area contributed by atoms with Gasteiger partial charge in [0.15, 0.2) is 0 Å². The highest BCUT2D eigenvalue weighted by Gasteiger charge is 2.36. The molecule has 0 aliphatic carbocycles. The topological polar surface area (TPSA) is 18.5 Å². The zero-order valence-electron chi connectivity index (χ0n) is 43.3. The van der Waals surface area contributed by atoms with E-state index >= 15 is 0 Å². The van der Waals surface area contributed by atoms with Crippen molar-refractivity contribution in [2.75, 3.05) is 0 Å². The van der Waals surface area contributed by atoms with Gasteiger partial charge in [0.25, 0.3) is 0 Å². The summed E-state index contributed by atoms with van der Waals surface area (Å²) in [5.74, 6) is 7.48. The van der Waals surface area contributed by atoms with Crippen LogP contribution in [0.15, 0.2) is 6.07 Å². The molecule has 0 amide bonds. The average Bonchev–Trinajstić information content (AvgIpc) is 3.18. The van der Waals surface area contributed by atoms with E-state index in [1.165, 1.54) is 164 Å². The summed E-state index contributed by atoms with van der Waals surface area (Å²) in [6.07, 6.45) is 30.8. The van der Waals surface area contributed by atoms with Crippen molar-refractivity contribution >= 4 is 0 Å². The Kier molecular flexibility index (Phi) is 20.6. The van der Waals surface area contributed by atoms with Crippen molar-refractivity contribution in [2.24, 2.45) is 35.5 Å². The number of aryl methyl sites for hydroxylation is 2. The van der Waals surface area contributed by atoms with Crippen LogP contribution in [0.5, 0.6) is 11.5 Å².